The molecule has 0 aliphatic carbocycles. The van der Waals surface area contributed by atoms with Crippen molar-refractivity contribution in [2.45, 2.75) is 20.1 Å². The van der Waals surface area contributed by atoms with Gasteiger partial charge in [0.2, 0.25) is 6.79 Å². The average Bonchev–Trinajstić information content (AvgIpc) is 3.25. The largest absolute Gasteiger partial charge is 0.489 e. The molecule has 4 aromatic rings. The normalized spacial score (nSPS) is 12.2. The van der Waals surface area contributed by atoms with Crippen LogP contribution in [0.2, 0.25) is 0 Å². The van der Waals surface area contributed by atoms with Gasteiger partial charge in [0.1, 0.15) is 12.4 Å². The van der Waals surface area contributed by atoms with Crippen molar-refractivity contribution in [2.24, 2.45) is 0 Å². The zero-order valence-corrected chi connectivity index (χ0v) is 16.9. The highest BCUT2D eigenvalue weighted by atomic mass is 16.7. The molecule has 0 fully saturated rings. The molecule has 0 amide bonds. The first-order chi connectivity index (χ1) is 14.8. The van der Waals surface area contributed by atoms with Crippen molar-refractivity contribution >= 4 is 16.5 Å². The summed E-state index contributed by atoms with van der Waals surface area (Å²) in [6, 6.07) is 26.8. The third kappa shape index (κ3) is 3.64. The maximum atomic E-state index is 6.29. The lowest BCUT2D eigenvalue weighted by molar-refractivity contribution is 0.174. The first-order valence-corrected chi connectivity index (χ1v) is 10.1. The van der Waals surface area contributed by atoms with E-state index in [0.717, 1.165) is 28.5 Å². The molecule has 0 saturated carbocycles. The Labute approximate surface area is 176 Å². The molecule has 1 N–H and O–H groups in total. The Bertz CT molecular complexity index is 1200. The Kier molecular flexibility index (Phi) is 4.89. The van der Waals surface area contributed by atoms with Gasteiger partial charge in [0.25, 0.3) is 0 Å². The Balaban J connectivity index is 1.43. The minimum atomic E-state index is 0.277. The van der Waals surface area contributed by atoms with Crippen LogP contribution >= 0.6 is 0 Å². The number of fused-ring (bicyclic) bond motifs is 2. The predicted molar refractivity (Wildman–Crippen MR) is 119 cm³/mol. The summed E-state index contributed by atoms with van der Waals surface area (Å²) in [5.74, 6) is 2.45. The van der Waals surface area contributed by atoms with E-state index in [1.54, 1.807) is 0 Å². The third-order valence-corrected chi connectivity index (χ3v) is 5.48. The molecule has 30 heavy (non-hydrogen) atoms. The second-order valence-corrected chi connectivity index (χ2v) is 7.40. The molecule has 1 heterocycles. The molecular weight excluding hydrogens is 374 g/mol. The van der Waals surface area contributed by atoms with E-state index in [1.807, 2.05) is 24.3 Å². The van der Waals surface area contributed by atoms with Crippen LogP contribution in [0.1, 0.15) is 16.7 Å². The molecule has 0 bridgehead atoms. The zero-order valence-electron chi connectivity index (χ0n) is 16.9. The molecule has 0 spiro atoms. The summed E-state index contributed by atoms with van der Waals surface area (Å²) in [7, 11) is 0. The van der Waals surface area contributed by atoms with Gasteiger partial charge in [0.05, 0.1) is 0 Å². The van der Waals surface area contributed by atoms with Crippen LogP contribution in [0.4, 0.5) is 5.69 Å². The van der Waals surface area contributed by atoms with Gasteiger partial charge >= 0.3 is 0 Å². The van der Waals surface area contributed by atoms with Crippen LogP contribution in [0.15, 0.2) is 78.9 Å². The molecule has 1 aliphatic heterocycles. The SMILES string of the molecule is Cc1ccccc1COc1ccc2ccccc2c1CNc1ccc2c(c1)OCO2. The van der Waals surface area contributed by atoms with Crippen molar-refractivity contribution in [3.05, 3.63) is 95.6 Å². The van der Waals surface area contributed by atoms with E-state index in [-0.39, 0.29) is 6.79 Å². The van der Waals surface area contributed by atoms with E-state index in [4.69, 9.17) is 14.2 Å². The molecule has 0 unspecified atom stereocenters. The van der Waals surface area contributed by atoms with Gasteiger partial charge < -0.3 is 19.5 Å². The fourth-order valence-electron chi connectivity index (χ4n) is 3.76. The van der Waals surface area contributed by atoms with Crippen LogP contribution in [0, 0.1) is 6.92 Å². The van der Waals surface area contributed by atoms with Crippen LogP contribution in [-0.4, -0.2) is 6.79 Å². The van der Waals surface area contributed by atoms with Gasteiger partial charge in [0.15, 0.2) is 11.5 Å². The van der Waals surface area contributed by atoms with Crippen LogP contribution in [0.5, 0.6) is 17.2 Å². The number of rotatable bonds is 6. The van der Waals surface area contributed by atoms with Crippen molar-refractivity contribution in [2.75, 3.05) is 12.1 Å². The number of anilines is 1. The Morgan fingerprint density at radius 3 is 2.63 bits per heavy atom. The van der Waals surface area contributed by atoms with Crippen molar-refractivity contribution in [3.8, 4) is 17.2 Å². The van der Waals surface area contributed by atoms with E-state index < -0.39 is 0 Å². The topological polar surface area (TPSA) is 39.7 Å². The summed E-state index contributed by atoms with van der Waals surface area (Å²) < 4.78 is 17.2. The molecule has 5 rings (SSSR count). The molecule has 0 radical (unpaired) electrons. The summed E-state index contributed by atoms with van der Waals surface area (Å²) in [5.41, 5.74) is 4.55. The number of hydrogen-bond donors (Lipinski definition) is 1. The fraction of sp³-hybridized carbons (Fsp3) is 0.154. The van der Waals surface area contributed by atoms with E-state index in [0.29, 0.717) is 13.2 Å². The highest BCUT2D eigenvalue weighted by molar-refractivity contribution is 5.88. The van der Waals surface area contributed by atoms with Crippen LogP contribution in [-0.2, 0) is 13.2 Å². The number of hydrogen-bond acceptors (Lipinski definition) is 4. The standard InChI is InChI=1S/C26H23NO3/c1-18-6-2-3-8-20(18)16-28-24-12-10-19-7-4-5-9-22(19)23(24)15-27-21-11-13-25-26(14-21)30-17-29-25/h2-14,27H,15-17H2,1H3. The van der Waals surface area contributed by atoms with Crippen molar-refractivity contribution < 1.29 is 14.2 Å². The number of nitrogens with one attached hydrogen (secondary N) is 1. The molecule has 1 aliphatic rings. The lowest BCUT2D eigenvalue weighted by Gasteiger charge is -2.16. The van der Waals surface area contributed by atoms with Gasteiger partial charge in [-0.3, -0.25) is 0 Å². The minimum Gasteiger partial charge on any atom is -0.489 e. The highest BCUT2D eigenvalue weighted by Crippen LogP contribution is 2.35. The van der Waals surface area contributed by atoms with Crippen molar-refractivity contribution in [3.63, 3.8) is 0 Å². The van der Waals surface area contributed by atoms with E-state index >= 15 is 0 Å². The van der Waals surface area contributed by atoms with E-state index in [2.05, 4.69) is 66.8 Å². The van der Waals surface area contributed by atoms with Gasteiger partial charge in [-0.2, -0.15) is 0 Å². The van der Waals surface area contributed by atoms with Gasteiger partial charge in [-0.25, -0.2) is 0 Å². The van der Waals surface area contributed by atoms with Gasteiger partial charge in [-0.1, -0.05) is 54.6 Å². The monoisotopic (exact) mass is 397 g/mol. The Morgan fingerprint density at radius 1 is 0.867 bits per heavy atom. The molecule has 0 atom stereocenters. The summed E-state index contributed by atoms with van der Waals surface area (Å²) >= 11 is 0. The summed E-state index contributed by atoms with van der Waals surface area (Å²) in [5, 5.41) is 5.90. The molecule has 0 aromatic heterocycles. The Morgan fingerprint density at radius 2 is 1.70 bits per heavy atom. The van der Waals surface area contributed by atoms with Gasteiger partial charge in [0, 0.05) is 23.9 Å². The maximum absolute atomic E-state index is 6.29. The fourth-order valence-corrected chi connectivity index (χ4v) is 3.76. The quantitative estimate of drug-likeness (QED) is 0.429. The molecule has 4 nitrogen and oxygen atoms in total. The van der Waals surface area contributed by atoms with Crippen LogP contribution < -0.4 is 19.5 Å². The molecule has 4 aromatic carbocycles. The zero-order chi connectivity index (χ0) is 20.3. The third-order valence-electron chi connectivity index (χ3n) is 5.48. The molecular formula is C26H23NO3. The molecule has 150 valence electrons. The second-order valence-electron chi connectivity index (χ2n) is 7.40. The number of benzene rings is 4. The minimum absolute atomic E-state index is 0.277. The number of aryl methyl sites for hydroxylation is 1. The number of ether oxygens (including phenoxy) is 3. The second kappa shape index (κ2) is 7.99. The highest BCUT2D eigenvalue weighted by Gasteiger charge is 2.14. The van der Waals surface area contributed by atoms with Crippen LogP contribution in [0.25, 0.3) is 10.8 Å². The van der Waals surface area contributed by atoms with Gasteiger partial charge in [-0.15, -0.1) is 0 Å². The summed E-state index contributed by atoms with van der Waals surface area (Å²) in [6.45, 7) is 3.58. The molecule has 0 saturated heterocycles. The predicted octanol–water partition coefficient (Wildman–Crippen LogP) is 6.07. The van der Waals surface area contributed by atoms with Crippen molar-refractivity contribution in [1.82, 2.24) is 0 Å². The summed E-state index contributed by atoms with van der Waals surface area (Å²) in [6.07, 6.45) is 0. The smallest absolute Gasteiger partial charge is 0.231 e. The summed E-state index contributed by atoms with van der Waals surface area (Å²) in [4.78, 5) is 0. The first-order valence-electron chi connectivity index (χ1n) is 10.1. The van der Waals surface area contributed by atoms with Gasteiger partial charge in [-0.05, 0) is 47.0 Å². The lowest BCUT2D eigenvalue weighted by Crippen LogP contribution is -2.05. The Hall–Kier alpha value is -3.66. The van der Waals surface area contributed by atoms with Crippen LogP contribution in [0.3, 0.4) is 0 Å². The van der Waals surface area contributed by atoms with Crippen molar-refractivity contribution in [1.29, 1.82) is 0 Å². The van der Waals surface area contributed by atoms with E-state index in [1.165, 1.54) is 21.9 Å². The molecule has 4 heteroatoms. The van der Waals surface area contributed by atoms with E-state index in [9.17, 15) is 0 Å². The average molecular weight is 397 g/mol. The first kappa shape index (κ1) is 18.4. The maximum Gasteiger partial charge on any atom is 0.231 e. The lowest BCUT2D eigenvalue weighted by atomic mass is 10.0.